The third-order valence-corrected chi connectivity index (χ3v) is 4.15. The summed E-state index contributed by atoms with van der Waals surface area (Å²) >= 11 is 0. The van der Waals surface area contributed by atoms with Crippen LogP contribution in [0.5, 0.6) is 0 Å². The molecule has 3 aromatic rings. The van der Waals surface area contributed by atoms with E-state index in [4.69, 9.17) is 0 Å². The summed E-state index contributed by atoms with van der Waals surface area (Å²) in [6.45, 7) is 7.94. The fourth-order valence-corrected chi connectivity index (χ4v) is 3.06. The predicted octanol–water partition coefficient (Wildman–Crippen LogP) is 2.21. The molecule has 0 spiro atoms. The quantitative estimate of drug-likeness (QED) is 0.725. The van der Waals surface area contributed by atoms with E-state index < -0.39 is 0 Å². The van der Waals surface area contributed by atoms with Crippen LogP contribution >= 0.6 is 0 Å². The highest BCUT2D eigenvalue weighted by molar-refractivity contribution is 5.85. The molecule has 6 nitrogen and oxygen atoms in total. The minimum Gasteiger partial charge on any atom is -0.350 e. The van der Waals surface area contributed by atoms with Gasteiger partial charge in [-0.05, 0) is 39.0 Å². The van der Waals surface area contributed by atoms with Gasteiger partial charge in [0.25, 0.3) is 0 Å². The lowest BCUT2D eigenvalue weighted by atomic mass is 10.1. The first-order valence-corrected chi connectivity index (χ1v) is 7.48. The van der Waals surface area contributed by atoms with Gasteiger partial charge in [0.15, 0.2) is 5.82 Å². The molecule has 3 aromatic heterocycles. The van der Waals surface area contributed by atoms with Crippen LogP contribution in [-0.2, 0) is 0 Å². The Morgan fingerprint density at radius 1 is 1.05 bits per heavy atom. The predicted molar refractivity (Wildman–Crippen MR) is 85.0 cm³/mol. The van der Waals surface area contributed by atoms with Gasteiger partial charge in [-0.3, -0.25) is 4.68 Å². The van der Waals surface area contributed by atoms with Crippen LogP contribution in [-0.4, -0.2) is 37.8 Å². The van der Waals surface area contributed by atoms with E-state index >= 15 is 0 Å². The first kappa shape index (κ1) is 13.2. The van der Waals surface area contributed by atoms with Gasteiger partial charge in [0, 0.05) is 24.5 Å². The summed E-state index contributed by atoms with van der Waals surface area (Å²) < 4.78 is 2.12. The highest BCUT2D eigenvalue weighted by Gasteiger charge is 2.32. The first-order chi connectivity index (χ1) is 10.6. The number of nitrogens with zero attached hydrogens (tertiary/aromatic N) is 6. The van der Waals surface area contributed by atoms with Gasteiger partial charge in [-0.2, -0.15) is 5.10 Å². The van der Waals surface area contributed by atoms with Crippen molar-refractivity contribution >= 4 is 16.9 Å². The fourth-order valence-electron chi connectivity index (χ4n) is 3.06. The number of anilines is 1. The van der Waals surface area contributed by atoms with Crippen molar-refractivity contribution in [1.82, 2.24) is 24.7 Å². The normalized spacial score (nSPS) is 15.3. The Morgan fingerprint density at radius 2 is 1.86 bits per heavy atom. The average molecular weight is 294 g/mol. The standard InChI is InChI=1S/C16H18N6/c1-10-4-5-14-15(19-10)16(18-9-17-14)21-7-13(8-21)22-12(3)6-11(2)20-22/h4-6,9,13H,7-8H2,1-3H3. The van der Waals surface area contributed by atoms with E-state index in [1.807, 2.05) is 26.0 Å². The molecule has 4 rings (SSSR count). The van der Waals surface area contributed by atoms with E-state index in [0.29, 0.717) is 6.04 Å². The van der Waals surface area contributed by atoms with Crippen molar-refractivity contribution in [2.24, 2.45) is 0 Å². The lowest BCUT2D eigenvalue weighted by molar-refractivity contribution is 0.359. The van der Waals surface area contributed by atoms with Crippen LogP contribution in [0.2, 0.25) is 0 Å². The van der Waals surface area contributed by atoms with Crippen LogP contribution in [0.4, 0.5) is 5.82 Å². The third kappa shape index (κ3) is 2.03. The molecule has 0 unspecified atom stereocenters. The van der Waals surface area contributed by atoms with E-state index in [1.165, 1.54) is 5.69 Å². The Hall–Kier alpha value is -2.50. The highest BCUT2D eigenvalue weighted by Crippen LogP contribution is 2.30. The highest BCUT2D eigenvalue weighted by atomic mass is 15.4. The number of hydrogen-bond acceptors (Lipinski definition) is 5. The van der Waals surface area contributed by atoms with E-state index in [1.54, 1.807) is 6.33 Å². The number of rotatable bonds is 2. The molecule has 0 bridgehead atoms. The summed E-state index contributed by atoms with van der Waals surface area (Å²) in [4.78, 5) is 15.6. The zero-order valence-corrected chi connectivity index (χ0v) is 13.0. The smallest absolute Gasteiger partial charge is 0.158 e. The second-order valence-electron chi connectivity index (χ2n) is 5.95. The molecule has 112 valence electrons. The Morgan fingerprint density at radius 3 is 2.59 bits per heavy atom. The first-order valence-electron chi connectivity index (χ1n) is 7.48. The van der Waals surface area contributed by atoms with Crippen molar-refractivity contribution in [2.75, 3.05) is 18.0 Å². The van der Waals surface area contributed by atoms with E-state index in [-0.39, 0.29) is 0 Å². The molecule has 1 saturated heterocycles. The molecule has 22 heavy (non-hydrogen) atoms. The minimum absolute atomic E-state index is 0.406. The van der Waals surface area contributed by atoms with Gasteiger partial charge in [0.2, 0.25) is 0 Å². The monoisotopic (exact) mass is 294 g/mol. The number of aromatic nitrogens is 5. The summed E-state index contributed by atoms with van der Waals surface area (Å²) in [5, 5.41) is 4.58. The minimum atomic E-state index is 0.406. The van der Waals surface area contributed by atoms with Crippen LogP contribution in [0.25, 0.3) is 11.0 Å². The molecule has 0 amide bonds. The van der Waals surface area contributed by atoms with Gasteiger partial charge in [0.05, 0.1) is 17.3 Å². The van der Waals surface area contributed by atoms with Crippen molar-refractivity contribution in [2.45, 2.75) is 26.8 Å². The zero-order chi connectivity index (χ0) is 15.3. The summed E-state index contributed by atoms with van der Waals surface area (Å²) in [5.74, 6) is 0.923. The molecule has 0 saturated carbocycles. The second kappa shape index (κ2) is 4.76. The van der Waals surface area contributed by atoms with Crippen molar-refractivity contribution in [3.8, 4) is 0 Å². The second-order valence-corrected chi connectivity index (χ2v) is 5.95. The van der Waals surface area contributed by atoms with E-state index in [0.717, 1.165) is 41.3 Å². The fraction of sp³-hybridized carbons (Fsp3) is 0.375. The average Bonchev–Trinajstić information content (AvgIpc) is 2.76. The van der Waals surface area contributed by atoms with Gasteiger partial charge in [-0.15, -0.1) is 0 Å². The van der Waals surface area contributed by atoms with E-state index in [9.17, 15) is 0 Å². The third-order valence-electron chi connectivity index (χ3n) is 4.15. The summed E-state index contributed by atoms with van der Waals surface area (Å²) in [6, 6.07) is 6.51. The van der Waals surface area contributed by atoms with Crippen LogP contribution in [0.15, 0.2) is 24.5 Å². The SMILES string of the molecule is Cc1ccc2ncnc(N3CC(n4nc(C)cc4C)C3)c2n1. The molecular weight excluding hydrogens is 276 g/mol. The Bertz CT molecular complexity index is 847. The van der Waals surface area contributed by atoms with Crippen LogP contribution in [0.3, 0.4) is 0 Å². The molecule has 6 heteroatoms. The van der Waals surface area contributed by atoms with Crippen molar-refractivity contribution in [1.29, 1.82) is 0 Å². The van der Waals surface area contributed by atoms with Gasteiger partial charge in [-0.25, -0.2) is 15.0 Å². The molecule has 1 aliphatic rings. The summed E-state index contributed by atoms with van der Waals surface area (Å²) in [7, 11) is 0. The number of fused-ring (bicyclic) bond motifs is 1. The summed E-state index contributed by atoms with van der Waals surface area (Å²) in [6.07, 6.45) is 1.62. The molecule has 0 N–H and O–H groups in total. The molecule has 0 aliphatic carbocycles. The lowest BCUT2D eigenvalue weighted by Gasteiger charge is -2.40. The van der Waals surface area contributed by atoms with E-state index in [2.05, 4.69) is 42.6 Å². The maximum absolute atomic E-state index is 4.61. The Labute approximate surface area is 128 Å². The molecule has 1 fully saturated rings. The molecule has 0 radical (unpaired) electrons. The number of pyridine rings is 1. The molecule has 0 aromatic carbocycles. The molecule has 0 atom stereocenters. The maximum atomic E-state index is 4.61. The van der Waals surface area contributed by atoms with Crippen LogP contribution in [0, 0.1) is 20.8 Å². The van der Waals surface area contributed by atoms with Crippen molar-refractivity contribution < 1.29 is 0 Å². The van der Waals surface area contributed by atoms with Crippen LogP contribution < -0.4 is 4.90 Å². The largest absolute Gasteiger partial charge is 0.350 e. The zero-order valence-electron chi connectivity index (χ0n) is 13.0. The van der Waals surface area contributed by atoms with Gasteiger partial charge in [0.1, 0.15) is 11.8 Å². The Kier molecular flexibility index (Phi) is 2.85. The summed E-state index contributed by atoms with van der Waals surface area (Å²) in [5.41, 5.74) is 5.04. The van der Waals surface area contributed by atoms with Gasteiger partial charge >= 0.3 is 0 Å². The van der Waals surface area contributed by atoms with Crippen molar-refractivity contribution in [3.05, 3.63) is 41.6 Å². The van der Waals surface area contributed by atoms with Gasteiger partial charge < -0.3 is 4.90 Å². The van der Waals surface area contributed by atoms with Crippen molar-refractivity contribution in [3.63, 3.8) is 0 Å². The van der Waals surface area contributed by atoms with Crippen LogP contribution in [0.1, 0.15) is 23.1 Å². The number of hydrogen-bond donors (Lipinski definition) is 0. The molecular formula is C16H18N6. The Balaban J connectivity index is 1.63. The molecule has 1 aliphatic heterocycles. The maximum Gasteiger partial charge on any atom is 0.158 e. The van der Waals surface area contributed by atoms with Gasteiger partial charge in [-0.1, -0.05) is 0 Å². The topological polar surface area (TPSA) is 59.7 Å². The number of aryl methyl sites for hydroxylation is 3. The lowest BCUT2D eigenvalue weighted by Crippen LogP contribution is -2.49. The molecule has 4 heterocycles.